The maximum Gasteiger partial charge on any atom is 0.261 e. The first-order valence-corrected chi connectivity index (χ1v) is 11.3. The van der Waals surface area contributed by atoms with E-state index in [1.165, 1.54) is 11.3 Å². The van der Waals surface area contributed by atoms with Gasteiger partial charge in [-0.05, 0) is 11.4 Å². The standard InChI is InChI=1S/C21H22N4O2S2/c26-19(13-22-20(27)18-7-4-12-28-18)25-10-8-24(9-11-25)14-17-15-29-21(23-17)16-5-2-1-3-6-16/h1-7,12,15H,8-11,13-14H2,(H,22,27). The number of nitrogens with one attached hydrogen (secondary N) is 1. The number of thiazole rings is 1. The van der Waals surface area contributed by atoms with Gasteiger partial charge < -0.3 is 10.2 Å². The number of rotatable bonds is 6. The average molecular weight is 427 g/mol. The molecule has 2 aromatic heterocycles. The monoisotopic (exact) mass is 426 g/mol. The van der Waals surface area contributed by atoms with Gasteiger partial charge >= 0.3 is 0 Å². The van der Waals surface area contributed by atoms with E-state index in [1.807, 2.05) is 34.5 Å². The Morgan fingerprint density at radius 1 is 1.00 bits per heavy atom. The van der Waals surface area contributed by atoms with E-state index in [9.17, 15) is 9.59 Å². The molecule has 3 heterocycles. The van der Waals surface area contributed by atoms with Crippen molar-refractivity contribution in [1.82, 2.24) is 20.1 Å². The van der Waals surface area contributed by atoms with Gasteiger partial charge in [0.2, 0.25) is 5.91 Å². The van der Waals surface area contributed by atoms with Crippen molar-refractivity contribution in [3.63, 3.8) is 0 Å². The fourth-order valence-corrected chi connectivity index (χ4v) is 4.70. The second kappa shape index (κ2) is 9.30. The van der Waals surface area contributed by atoms with Crippen LogP contribution in [0.2, 0.25) is 0 Å². The van der Waals surface area contributed by atoms with E-state index in [4.69, 9.17) is 4.98 Å². The lowest BCUT2D eigenvalue weighted by molar-refractivity contribution is -0.131. The Balaban J connectivity index is 1.23. The van der Waals surface area contributed by atoms with Gasteiger partial charge in [0, 0.05) is 43.7 Å². The number of hydrogen-bond donors (Lipinski definition) is 1. The van der Waals surface area contributed by atoms with Gasteiger partial charge in [-0.1, -0.05) is 36.4 Å². The van der Waals surface area contributed by atoms with Gasteiger partial charge in [-0.25, -0.2) is 4.98 Å². The van der Waals surface area contributed by atoms with Crippen molar-refractivity contribution in [2.45, 2.75) is 6.54 Å². The van der Waals surface area contributed by atoms with E-state index in [1.54, 1.807) is 17.4 Å². The van der Waals surface area contributed by atoms with Crippen LogP contribution in [0.5, 0.6) is 0 Å². The van der Waals surface area contributed by atoms with Crippen molar-refractivity contribution in [3.8, 4) is 10.6 Å². The van der Waals surface area contributed by atoms with Crippen molar-refractivity contribution >= 4 is 34.5 Å². The van der Waals surface area contributed by atoms with Crippen LogP contribution in [0.4, 0.5) is 0 Å². The third kappa shape index (κ3) is 5.09. The number of thiophene rings is 1. The fourth-order valence-electron chi connectivity index (χ4n) is 3.24. The Hall–Kier alpha value is -2.55. The van der Waals surface area contributed by atoms with Gasteiger partial charge in [0.15, 0.2) is 0 Å². The van der Waals surface area contributed by atoms with E-state index >= 15 is 0 Å². The average Bonchev–Trinajstić information content (AvgIpc) is 3.45. The molecule has 3 aromatic rings. The lowest BCUT2D eigenvalue weighted by Gasteiger charge is -2.34. The van der Waals surface area contributed by atoms with Gasteiger partial charge in [-0.3, -0.25) is 14.5 Å². The summed E-state index contributed by atoms with van der Waals surface area (Å²) in [5.41, 5.74) is 2.21. The summed E-state index contributed by atoms with van der Waals surface area (Å²) in [7, 11) is 0. The molecule has 1 aliphatic rings. The molecule has 0 atom stereocenters. The van der Waals surface area contributed by atoms with Gasteiger partial charge in [0.05, 0.1) is 17.1 Å². The fraction of sp³-hybridized carbons (Fsp3) is 0.286. The molecular formula is C21H22N4O2S2. The first-order chi connectivity index (χ1) is 14.2. The number of carbonyl (C=O) groups is 2. The number of hydrogen-bond acceptors (Lipinski definition) is 6. The van der Waals surface area contributed by atoms with E-state index in [-0.39, 0.29) is 18.4 Å². The predicted octanol–water partition coefficient (Wildman–Crippen LogP) is 2.95. The largest absolute Gasteiger partial charge is 0.342 e. The van der Waals surface area contributed by atoms with Crippen LogP contribution in [0.1, 0.15) is 15.4 Å². The topological polar surface area (TPSA) is 65.5 Å². The maximum atomic E-state index is 12.4. The Morgan fingerprint density at radius 2 is 1.79 bits per heavy atom. The maximum absolute atomic E-state index is 12.4. The van der Waals surface area contributed by atoms with Crippen molar-refractivity contribution < 1.29 is 9.59 Å². The molecule has 0 spiro atoms. The molecule has 0 aliphatic carbocycles. The molecule has 1 saturated heterocycles. The van der Waals surface area contributed by atoms with Crippen LogP contribution in [0.3, 0.4) is 0 Å². The molecule has 2 amide bonds. The number of benzene rings is 1. The normalized spacial score (nSPS) is 14.7. The highest BCUT2D eigenvalue weighted by Crippen LogP contribution is 2.24. The highest BCUT2D eigenvalue weighted by molar-refractivity contribution is 7.13. The van der Waals surface area contributed by atoms with Crippen LogP contribution < -0.4 is 5.32 Å². The third-order valence-electron chi connectivity index (χ3n) is 4.83. The van der Waals surface area contributed by atoms with Crippen molar-refractivity contribution in [2.75, 3.05) is 32.7 Å². The third-order valence-corrected chi connectivity index (χ3v) is 6.64. The van der Waals surface area contributed by atoms with Crippen LogP contribution in [0, 0.1) is 0 Å². The van der Waals surface area contributed by atoms with Crippen LogP contribution in [-0.2, 0) is 11.3 Å². The van der Waals surface area contributed by atoms with Crippen LogP contribution in [-0.4, -0.2) is 59.3 Å². The summed E-state index contributed by atoms with van der Waals surface area (Å²) in [6.07, 6.45) is 0. The minimum atomic E-state index is -0.190. The molecule has 29 heavy (non-hydrogen) atoms. The molecule has 0 saturated carbocycles. The molecule has 4 rings (SSSR count). The highest BCUT2D eigenvalue weighted by Gasteiger charge is 2.22. The summed E-state index contributed by atoms with van der Waals surface area (Å²) in [6.45, 7) is 3.79. The summed E-state index contributed by atoms with van der Waals surface area (Å²) in [6, 6.07) is 13.8. The van der Waals surface area contributed by atoms with Gasteiger partial charge in [-0.15, -0.1) is 22.7 Å². The second-order valence-electron chi connectivity index (χ2n) is 6.83. The van der Waals surface area contributed by atoms with Gasteiger partial charge in [0.25, 0.3) is 5.91 Å². The van der Waals surface area contributed by atoms with Crippen molar-refractivity contribution in [2.24, 2.45) is 0 Å². The lowest BCUT2D eigenvalue weighted by atomic mass is 10.2. The zero-order valence-corrected chi connectivity index (χ0v) is 17.5. The quantitative estimate of drug-likeness (QED) is 0.658. The molecule has 8 heteroatoms. The number of amides is 2. The predicted molar refractivity (Wildman–Crippen MR) is 116 cm³/mol. The molecule has 6 nitrogen and oxygen atoms in total. The summed E-state index contributed by atoms with van der Waals surface area (Å²) in [4.78, 5) is 33.9. The summed E-state index contributed by atoms with van der Waals surface area (Å²) < 4.78 is 0. The number of aromatic nitrogens is 1. The second-order valence-corrected chi connectivity index (χ2v) is 8.63. The van der Waals surface area contributed by atoms with Gasteiger partial charge in [0.1, 0.15) is 5.01 Å². The summed E-state index contributed by atoms with van der Waals surface area (Å²) in [5.74, 6) is -0.223. The first-order valence-electron chi connectivity index (χ1n) is 9.51. The van der Waals surface area contributed by atoms with E-state index in [0.717, 1.165) is 35.9 Å². The molecule has 0 bridgehead atoms. The molecule has 0 unspecified atom stereocenters. The molecule has 1 aliphatic heterocycles. The number of carbonyl (C=O) groups excluding carboxylic acids is 2. The molecule has 0 radical (unpaired) electrons. The summed E-state index contributed by atoms with van der Waals surface area (Å²) in [5, 5.41) is 7.71. The van der Waals surface area contributed by atoms with Gasteiger partial charge in [-0.2, -0.15) is 0 Å². The Labute approximate surface area is 177 Å². The SMILES string of the molecule is O=C(NCC(=O)N1CCN(Cc2csc(-c3ccccc3)n2)CC1)c1cccs1. The zero-order valence-electron chi connectivity index (χ0n) is 15.9. The molecule has 1 aromatic carbocycles. The zero-order chi connectivity index (χ0) is 20.1. The number of piperazine rings is 1. The molecule has 1 N–H and O–H groups in total. The van der Waals surface area contributed by atoms with Crippen LogP contribution >= 0.6 is 22.7 Å². The Kier molecular flexibility index (Phi) is 6.33. The minimum Gasteiger partial charge on any atom is -0.342 e. The van der Waals surface area contributed by atoms with E-state index in [2.05, 4.69) is 27.7 Å². The smallest absolute Gasteiger partial charge is 0.261 e. The molecular weight excluding hydrogens is 404 g/mol. The minimum absolute atomic E-state index is 0.0328. The van der Waals surface area contributed by atoms with Crippen molar-refractivity contribution in [3.05, 3.63) is 63.8 Å². The number of nitrogens with zero attached hydrogens (tertiary/aromatic N) is 3. The molecule has 1 fully saturated rings. The van der Waals surface area contributed by atoms with Crippen LogP contribution in [0.15, 0.2) is 53.2 Å². The van der Waals surface area contributed by atoms with Crippen molar-refractivity contribution in [1.29, 1.82) is 0 Å². The highest BCUT2D eigenvalue weighted by atomic mass is 32.1. The Morgan fingerprint density at radius 3 is 2.52 bits per heavy atom. The lowest BCUT2D eigenvalue weighted by Crippen LogP contribution is -2.50. The van der Waals surface area contributed by atoms with Crippen LogP contribution in [0.25, 0.3) is 10.6 Å². The first kappa shape index (κ1) is 19.8. The van der Waals surface area contributed by atoms with E-state index in [0.29, 0.717) is 18.0 Å². The Bertz CT molecular complexity index is 948. The summed E-state index contributed by atoms with van der Waals surface area (Å²) >= 11 is 3.03. The molecule has 150 valence electrons. The van der Waals surface area contributed by atoms with E-state index < -0.39 is 0 Å².